The van der Waals surface area contributed by atoms with Crippen molar-refractivity contribution in [2.45, 2.75) is 82.5 Å². The Labute approximate surface area is 307 Å². The molecule has 2 aromatic carbocycles. The first kappa shape index (κ1) is 36.9. The van der Waals surface area contributed by atoms with Gasteiger partial charge in [0, 0.05) is 54.5 Å². The van der Waals surface area contributed by atoms with Crippen LogP contribution in [0.25, 0.3) is 0 Å². The second kappa shape index (κ2) is 16.2. The monoisotopic (exact) mass is 720 g/mol. The van der Waals surface area contributed by atoms with Crippen molar-refractivity contribution in [3.8, 4) is 18.1 Å². The van der Waals surface area contributed by atoms with E-state index in [0.29, 0.717) is 50.7 Å². The summed E-state index contributed by atoms with van der Waals surface area (Å²) in [5.74, 6) is 4.12. The zero-order chi connectivity index (χ0) is 35.4. The van der Waals surface area contributed by atoms with Crippen molar-refractivity contribution >= 4 is 41.1 Å². The van der Waals surface area contributed by atoms with Gasteiger partial charge in [0.1, 0.15) is 5.75 Å². The number of aryl methyl sites for hydroxylation is 1. The molecule has 2 fully saturated rings. The van der Waals surface area contributed by atoms with E-state index in [-0.39, 0.29) is 41.4 Å². The third kappa shape index (κ3) is 8.25. The summed E-state index contributed by atoms with van der Waals surface area (Å²) in [5, 5.41) is 13.7. The third-order valence-electron chi connectivity index (χ3n) is 11.7. The molecule has 6 rings (SSSR count). The molecule has 1 saturated heterocycles. The van der Waals surface area contributed by atoms with Crippen molar-refractivity contribution in [2.75, 3.05) is 57.3 Å². The van der Waals surface area contributed by atoms with Crippen LogP contribution in [0.2, 0.25) is 5.02 Å². The number of ether oxygens (including phenoxy) is 1. The molecule has 0 radical (unpaired) electrons. The SMILES string of the molecule is C#CCN1CCN(C[C@]2(O)CCCC(C)C(C)SNC(=O)c3ccc4c(c3)N(CC(c3ccc(Cl)cc3CCC)CO4)CC3CCC32)CC1=O. The first-order valence-electron chi connectivity index (χ1n) is 18.5. The van der Waals surface area contributed by atoms with Gasteiger partial charge in [0.2, 0.25) is 5.91 Å². The number of terminal acetylenes is 1. The normalized spacial score (nSPS) is 29.6. The van der Waals surface area contributed by atoms with Crippen molar-refractivity contribution in [1.82, 2.24) is 14.5 Å². The van der Waals surface area contributed by atoms with Gasteiger partial charge in [-0.2, -0.15) is 0 Å². The van der Waals surface area contributed by atoms with Crippen molar-refractivity contribution < 1.29 is 19.4 Å². The topological polar surface area (TPSA) is 85.3 Å². The van der Waals surface area contributed by atoms with Crippen molar-refractivity contribution in [3.63, 3.8) is 0 Å². The fourth-order valence-corrected chi connectivity index (χ4v) is 9.43. The maximum absolute atomic E-state index is 13.5. The van der Waals surface area contributed by atoms with Crippen molar-refractivity contribution in [3.05, 3.63) is 58.1 Å². The fraction of sp³-hybridized carbons (Fsp3) is 0.600. The largest absolute Gasteiger partial charge is 0.491 e. The van der Waals surface area contributed by atoms with E-state index in [0.717, 1.165) is 68.1 Å². The summed E-state index contributed by atoms with van der Waals surface area (Å²) in [6.07, 6.45) is 12.0. The number of halogens is 1. The van der Waals surface area contributed by atoms with Crippen molar-refractivity contribution in [2.24, 2.45) is 17.8 Å². The van der Waals surface area contributed by atoms with Crippen LogP contribution in [0.5, 0.6) is 5.75 Å². The number of hydrogen-bond donors (Lipinski definition) is 2. The molecule has 2 amide bonds. The van der Waals surface area contributed by atoms with E-state index in [9.17, 15) is 14.7 Å². The van der Waals surface area contributed by atoms with E-state index in [4.69, 9.17) is 22.8 Å². The molecular weight excluding hydrogens is 668 g/mol. The van der Waals surface area contributed by atoms with Gasteiger partial charge in [0.05, 0.1) is 31.0 Å². The molecule has 2 aromatic rings. The van der Waals surface area contributed by atoms with Crippen LogP contribution in [0.4, 0.5) is 5.69 Å². The van der Waals surface area contributed by atoms with Gasteiger partial charge in [0.25, 0.3) is 5.91 Å². The Kier molecular flexibility index (Phi) is 11.9. The molecule has 3 aliphatic heterocycles. The molecule has 270 valence electrons. The molecule has 2 N–H and O–H groups in total. The maximum atomic E-state index is 13.5. The Morgan fingerprint density at radius 2 is 1.96 bits per heavy atom. The van der Waals surface area contributed by atoms with Gasteiger partial charge in [-0.15, -0.1) is 6.42 Å². The summed E-state index contributed by atoms with van der Waals surface area (Å²) in [6.45, 7) is 11.0. The summed E-state index contributed by atoms with van der Waals surface area (Å²) in [4.78, 5) is 32.7. The Morgan fingerprint density at radius 1 is 1.12 bits per heavy atom. The van der Waals surface area contributed by atoms with E-state index >= 15 is 0 Å². The molecular formula is C40H53ClN4O4S. The highest BCUT2D eigenvalue weighted by molar-refractivity contribution is 7.98. The average Bonchev–Trinajstić information content (AvgIpc) is 3.25. The maximum Gasteiger partial charge on any atom is 0.261 e. The highest BCUT2D eigenvalue weighted by Gasteiger charge is 2.48. The lowest BCUT2D eigenvalue weighted by Crippen LogP contribution is -2.59. The summed E-state index contributed by atoms with van der Waals surface area (Å²) < 4.78 is 9.67. The second-order valence-corrected chi connectivity index (χ2v) is 16.7. The molecule has 5 unspecified atom stereocenters. The van der Waals surface area contributed by atoms with Gasteiger partial charge in [0.15, 0.2) is 0 Å². The zero-order valence-electron chi connectivity index (χ0n) is 29.8. The summed E-state index contributed by atoms with van der Waals surface area (Å²) >= 11 is 7.95. The highest BCUT2D eigenvalue weighted by atomic mass is 35.5. The Morgan fingerprint density at radius 3 is 2.70 bits per heavy atom. The van der Waals surface area contributed by atoms with Crippen LogP contribution in [-0.2, 0) is 11.2 Å². The molecule has 1 saturated carbocycles. The number of nitrogens with one attached hydrogen (secondary N) is 1. The number of anilines is 1. The first-order chi connectivity index (χ1) is 24.1. The number of piperazine rings is 1. The van der Waals surface area contributed by atoms with Gasteiger partial charge < -0.3 is 19.6 Å². The number of hydrogen-bond acceptors (Lipinski definition) is 7. The number of fused-ring (bicyclic) bond motifs is 2. The molecule has 8 nitrogen and oxygen atoms in total. The lowest BCUT2D eigenvalue weighted by atomic mass is 9.62. The van der Waals surface area contributed by atoms with E-state index in [1.54, 1.807) is 4.90 Å². The van der Waals surface area contributed by atoms with Crippen LogP contribution in [0.15, 0.2) is 36.4 Å². The predicted molar refractivity (Wildman–Crippen MR) is 203 cm³/mol. The van der Waals surface area contributed by atoms with Crippen LogP contribution in [0.3, 0.4) is 0 Å². The van der Waals surface area contributed by atoms with E-state index in [2.05, 4.69) is 53.3 Å². The number of carbonyl (C=O) groups excluding carboxylic acids is 2. The third-order valence-corrected chi connectivity index (χ3v) is 13.0. The Bertz CT molecular complexity index is 1580. The molecule has 0 spiro atoms. The molecule has 4 aliphatic rings. The van der Waals surface area contributed by atoms with Gasteiger partial charge in [-0.3, -0.25) is 19.2 Å². The number of benzene rings is 2. The number of rotatable bonds is 6. The predicted octanol–water partition coefficient (Wildman–Crippen LogP) is 6.40. The summed E-state index contributed by atoms with van der Waals surface area (Å²) in [6, 6.07) is 12.0. The van der Waals surface area contributed by atoms with E-state index in [1.165, 1.54) is 23.1 Å². The molecule has 0 aromatic heterocycles. The average molecular weight is 721 g/mol. The second-order valence-electron chi connectivity index (χ2n) is 15.1. The number of carbonyl (C=O) groups is 2. The van der Waals surface area contributed by atoms with Crippen LogP contribution in [0, 0.1) is 30.1 Å². The Hall–Kier alpha value is -2.90. The van der Waals surface area contributed by atoms with Crippen LogP contribution < -0.4 is 14.4 Å². The number of β-amino-alcohol motifs (C(OH)–C–C–N with tert-alkyl or cyclic N) is 1. The fourth-order valence-electron chi connectivity index (χ4n) is 8.46. The molecule has 10 heteroatoms. The smallest absolute Gasteiger partial charge is 0.261 e. The Balaban J connectivity index is 1.33. The number of amides is 2. The first-order valence-corrected chi connectivity index (χ1v) is 19.8. The van der Waals surface area contributed by atoms with Gasteiger partial charge in [-0.1, -0.05) is 57.2 Å². The molecule has 3 heterocycles. The number of aliphatic hydroxyl groups is 1. The lowest BCUT2D eigenvalue weighted by molar-refractivity contribution is -0.141. The summed E-state index contributed by atoms with van der Waals surface area (Å²) in [5.41, 5.74) is 3.12. The minimum atomic E-state index is -0.921. The molecule has 1 aliphatic carbocycles. The van der Waals surface area contributed by atoms with Crippen LogP contribution >= 0.6 is 23.5 Å². The van der Waals surface area contributed by atoms with Crippen LogP contribution in [-0.4, -0.2) is 90.0 Å². The van der Waals surface area contributed by atoms with E-state index < -0.39 is 5.60 Å². The van der Waals surface area contributed by atoms with Gasteiger partial charge >= 0.3 is 0 Å². The molecule has 6 atom stereocenters. The minimum absolute atomic E-state index is 0.0327. The van der Waals surface area contributed by atoms with Crippen LogP contribution in [0.1, 0.15) is 86.7 Å². The van der Waals surface area contributed by atoms with Crippen molar-refractivity contribution in [1.29, 1.82) is 0 Å². The highest BCUT2D eigenvalue weighted by Crippen LogP contribution is 2.47. The zero-order valence-corrected chi connectivity index (χ0v) is 31.4. The number of nitrogens with zero attached hydrogens (tertiary/aromatic N) is 3. The lowest BCUT2D eigenvalue weighted by Gasteiger charge is -2.51. The quantitative estimate of drug-likeness (QED) is 0.264. The van der Waals surface area contributed by atoms with Gasteiger partial charge in [-0.25, -0.2) is 0 Å². The van der Waals surface area contributed by atoms with Gasteiger partial charge in [-0.05, 0) is 103 Å². The minimum Gasteiger partial charge on any atom is -0.491 e. The van der Waals surface area contributed by atoms with E-state index in [1.807, 2.05) is 24.3 Å². The standard InChI is InChI=1S/C40H53ClN4O4S/c1-5-8-29-20-33(41)12-13-34(29)32-23-45-22-31-10-14-35(31)40(48,26-43-18-19-44(17-6-2)38(46)24-43)16-7-9-27(3)28(4)50-42-39(47)30-11-15-37(49-25-32)36(45)21-30/h2,11-13,15,20-21,27-28,31-32,35,48H,5,7-10,14,16-19,22-26H2,1,3-4H3,(H,42,47)/t27?,28?,31?,32?,35?,40-/m1/s1. The summed E-state index contributed by atoms with van der Waals surface area (Å²) in [7, 11) is 0. The molecule has 50 heavy (non-hydrogen) atoms. The molecule has 2 bridgehead atoms.